The molecule has 1 rings (SSSR count). The molecule has 1 unspecified atom stereocenters. The first-order chi connectivity index (χ1) is 8.04. The molecule has 0 aliphatic carbocycles. The van der Waals surface area contributed by atoms with Crippen LogP contribution < -0.4 is 5.32 Å². The minimum Gasteiger partial charge on any atom is -0.481 e. The summed E-state index contributed by atoms with van der Waals surface area (Å²) in [6, 6.07) is -0.208. The van der Waals surface area contributed by atoms with Gasteiger partial charge in [0.25, 0.3) is 0 Å². The molecule has 0 saturated carbocycles. The van der Waals surface area contributed by atoms with E-state index in [1.807, 2.05) is 6.92 Å². The Morgan fingerprint density at radius 3 is 2.76 bits per heavy atom. The van der Waals surface area contributed by atoms with Crippen LogP contribution in [0.2, 0.25) is 0 Å². The average molecular weight is 240 g/mol. The molecule has 17 heavy (non-hydrogen) atoms. The number of aryl methyl sites for hydroxylation is 2. The van der Waals surface area contributed by atoms with Crippen LogP contribution in [0.25, 0.3) is 0 Å². The number of hydrogen-bond donors (Lipinski definition) is 2. The van der Waals surface area contributed by atoms with E-state index in [0.717, 1.165) is 11.3 Å². The van der Waals surface area contributed by atoms with Crippen molar-refractivity contribution in [1.82, 2.24) is 10.5 Å². The normalized spacial score (nSPS) is 12.1. The van der Waals surface area contributed by atoms with Gasteiger partial charge in [-0.3, -0.25) is 9.59 Å². The van der Waals surface area contributed by atoms with Crippen LogP contribution in [-0.4, -0.2) is 28.7 Å². The molecule has 1 aromatic heterocycles. The number of aliphatic carboxylic acids is 1. The molecule has 2 N–H and O–H groups in total. The fourth-order valence-corrected chi connectivity index (χ4v) is 1.68. The summed E-state index contributed by atoms with van der Waals surface area (Å²) in [6.45, 7) is 3.62. The molecule has 1 atom stereocenters. The lowest BCUT2D eigenvalue weighted by Gasteiger charge is -2.14. The third kappa shape index (κ3) is 3.90. The lowest BCUT2D eigenvalue weighted by atomic mass is 10.0. The Labute approximate surface area is 99.0 Å². The average Bonchev–Trinajstić information content (AvgIpc) is 2.57. The number of carboxylic acids is 1. The van der Waals surface area contributed by atoms with E-state index >= 15 is 0 Å². The lowest BCUT2D eigenvalue weighted by molar-refractivity contribution is -0.137. The summed E-state index contributed by atoms with van der Waals surface area (Å²) in [5, 5.41) is 15.1. The van der Waals surface area contributed by atoms with Gasteiger partial charge in [0.2, 0.25) is 6.41 Å². The Bertz CT molecular complexity index is 381. The number of rotatable bonds is 7. The van der Waals surface area contributed by atoms with Crippen molar-refractivity contribution in [3.05, 3.63) is 17.0 Å². The van der Waals surface area contributed by atoms with Gasteiger partial charge >= 0.3 is 5.97 Å². The van der Waals surface area contributed by atoms with Crippen LogP contribution in [-0.2, 0) is 16.0 Å². The van der Waals surface area contributed by atoms with Crippen molar-refractivity contribution in [2.24, 2.45) is 0 Å². The third-order valence-corrected chi connectivity index (χ3v) is 2.64. The van der Waals surface area contributed by atoms with Gasteiger partial charge in [-0.1, -0.05) is 5.16 Å². The van der Waals surface area contributed by atoms with E-state index in [1.165, 1.54) is 0 Å². The second-order valence-corrected chi connectivity index (χ2v) is 3.92. The molecule has 0 aromatic carbocycles. The van der Waals surface area contributed by atoms with Crippen molar-refractivity contribution >= 4 is 12.4 Å². The zero-order chi connectivity index (χ0) is 12.8. The fourth-order valence-electron chi connectivity index (χ4n) is 1.68. The van der Waals surface area contributed by atoms with E-state index in [-0.39, 0.29) is 12.5 Å². The maximum Gasteiger partial charge on any atom is 0.303 e. The van der Waals surface area contributed by atoms with E-state index in [2.05, 4.69) is 10.5 Å². The van der Waals surface area contributed by atoms with Crippen molar-refractivity contribution in [2.75, 3.05) is 0 Å². The summed E-state index contributed by atoms with van der Waals surface area (Å²) in [6.07, 6.45) is 1.53. The van der Waals surface area contributed by atoms with Crippen molar-refractivity contribution in [3.63, 3.8) is 0 Å². The van der Waals surface area contributed by atoms with Gasteiger partial charge in [0.1, 0.15) is 5.76 Å². The van der Waals surface area contributed by atoms with Crippen LogP contribution in [0.15, 0.2) is 4.52 Å². The highest BCUT2D eigenvalue weighted by molar-refractivity contribution is 5.66. The summed E-state index contributed by atoms with van der Waals surface area (Å²) in [5.74, 6) is -0.169. The van der Waals surface area contributed by atoms with Gasteiger partial charge in [-0.15, -0.1) is 0 Å². The van der Waals surface area contributed by atoms with Crippen molar-refractivity contribution in [3.8, 4) is 0 Å². The first-order valence-corrected chi connectivity index (χ1v) is 5.37. The van der Waals surface area contributed by atoms with Gasteiger partial charge in [-0.05, 0) is 26.7 Å². The molecule has 0 fully saturated rings. The topological polar surface area (TPSA) is 92.4 Å². The molecule has 0 radical (unpaired) electrons. The molecule has 0 aliphatic rings. The highest BCUT2D eigenvalue weighted by Gasteiger charge is 2.16. The maximum atomic E-state index is 10.5. The Morgan fingerprint density at radius 2 is 2.29 bits per heavy atom. The van der Waals surface area contributed by atoms with Crippen molar-refractivity contribution in [2.45, 2.75) is 39.2 Å². The second-order valence-electron chi connectivity index (χ2n) is 3.92. The first-order valence-electron chi connectivity index (χ1n) is 5.37. The summed E-state index contributed by atoms with van der Waals surface area (Å²) in [4.78, 5) is 21.0. The predicted molar refractivity (Wildman–Crippen MR) is 59.5 cm³/mol. The Balaban J connectivity index is 2.65. The highest BCUT2D eigenvalue weighted by Crippen LogP contribution is 2.16. The van der Waals surface area contributed by atoms with Crippen LogP contribution in [0.4, 0.5) is 0 Å². The van der Waals surface area contributed by atoms with Crippen LogP contribution >= 0.6 is 0 Å². The Hall–Kier alpha value is -1.85. The van der Waals surface area contributed by atoms with Crippen molar-refractivity contribution < 1.29 is 19.2 Å². The molecule has 0 saturated heterocycles. The highest BCUT2D eigenvalue weighted by atomic mass is 16.5. The summed E-state index contributed by atoms with van der Waals surface area (Å²) in [5.41, 5.74) is 1.70. The largest absolute Gasteiger partial charge is 0.481 e. The number of carbonyl (C=O) groups excluding carboxylic acids is 1. The number of nitrogens with zero attached hydrogens (tertiary/aromatic N) is 1. The van der Waals surface area contributed by atoms with E-state index in [0.29, 0.717) is 25.0 Å². The first kappa shape index (κ1) is 13.2. The minimum atomic E-state index is -0.874. The van der Waals surface area contributed by atoms with Crippen LogP contribution in [0, 0.1) is 13.8 Å². The molecule has 0 aliphatic heterocycles. The van der Waals surface area contributed by atoms with Gasteiger partial charge in [-0.25, -0.2) is 0 Å². The maximum absolute atomic E-state index is 10.5. The van der Waals surface area contributed by atoms with Gasteiger partial charge in [-0.2, -0.15) is 0 Å². The number of carboxylic acid groups (broad SMARTS) is 1. The van der Waals surface area contributed by atoms with Gasteiger partial charge in [0.15, 0.2) is 0 Å². The van der Waals surface area contributed by atoms with E-state index in [4.69, 9.17) is 9.63 Å². The minimum absolute atomic E-state index is 0.0227. The lowest BCUT2D eigenvalue weighted by Crippen LogP contribution is -2.30. The Morgan fingerprint density at radius 1 is 1.59 bits per heavy atom. The molecule has 1 aromatic rings. The number of nitrogens with one attached hydrogen (secondary N) is 1. The van der Waals surface area contributed by atoms with Gasteiger partial charge in [0, 0.05) is 18.0 Å². The zero-order valence-electron chi connectivity index (χ0n) is 9.90. The predicted octanol–water partition coefficient (Wildman–Crippen LogP) is 0.813. The quantitative estimate of drug-likeness (QED) is 0.688. The van der Waals surface area contributed by atoms with Crippen LogP contribution in [0.3, 0.4) is 0 Å². The SMILES string of the molecule is Cc1noc(C)c1CC(CCC(=O)O)NC=O. The molecule has 0 bridgehead atoms. The molecular formula is C11H16N2O4. The number of amides is 1. The summed E-state index contributed by atoms with van der Waals surface area (Å²) in [7, 11) is 0. The molecule has 1 amide bonds. The number of aromatic nitrogens is 1. The van der Waals surface area contributed by atoms with Crippen LogP contribution in [0.1, 0.15) is 29.9 Å². The van der Waals surface area contributed by atoms with E-state index in [9.17, 15) is 9.59 Å². The molecular weight excluding hydrogens is 224 g/mol. The molecule has 0 spiro atoms. The van der Waals surface area contributed by atoms with Crippen molar-refractivity contribution in [1.29, 1.82) is 0 Å². The summed E-state index contributed by atoms with van der Waals surface area (Å²) < 4.78 is 5.02. The second kappa shape index (κ2) is 6.03. The summed E-state index contributed by atoms with van der Waals surface area (Å²) >= 11 is 0. The molecule has 6 nitrogen and oxygen atoms in total. The smallest absolute Gasteiger partial charge is 0.303 e. The molecule has 94 valence electrons. The van der Waals surface area contributed by atoms with Gasteiger partial charge < -0.3 is 14.9 Å². The van der Waals surface area contributed by atoms with Crippen LogP contribution in [0.5, 0.6) is 0 Å². The Kier molecular flexibility index (Phi) is 4.68. The third-order valence-electron chi connectivity index (χ3n) is 2.64. The van der Waals surface area contributed by atoms with E-state index < -0.39 is 5.97 Å². The number of carbonyl (C=O) groups is 2. The number of hydrogen-bond acceptors (Lipinski definition) is 4. The molecule has 6 heteroatoms. The fraction of sp³-hybridized carbons (Fsp3) is 0.545. The van der Waals surface area contributed by atoms with Gasteiger partial charge in [0.05, 0.1) is 5.69 Å². The molecule has 1 heterocycles. The zero-order valence-corrected chi connectivity index (χ0v) is 9.90. The monoisotopic (exact) mass is 240 g/mol. The van der Waals surface area contributed by atoms with E-state index in [1.54, 1.807) is 6.92 Å². The standard InChI is InChI=1S/C11H16N2O4/c1-7-10(8(2)17-13-7)5-9(12-6-14)3-4-11(15)16/h6,9H,3-5H2,1-2H3,(H,12,14)(H,15,16).